The zero-order valence-electron chi connectivity index (χ0n) is 19.0. The third-order valence-electron chi connectivity index (χ3n) is 5.50. The molecule has 0 atom stereocenters. The average Bonchev–Trinajstić information content (AvgIpc) is 2.82. The van der Waals surface area contributed by atoms with E-state index in [-0.39, 0.29) is 40.2 Å². The topological polar surface area (TPSA) is 81.4 Å². The number of benzene rings is 1. The first kappa shape index (κ1) is 24.0. The number of aromatic nitrogens is 2. The largest absolute Gasteiger partial charge is 0.496 e. The Bertz CT molecular complexity index is 1320. The Morgan fingerprint density at radius 3 is 2.74 bits per heavy atom. The number of hydrogen-bond donors (Lipinski definition) is 0. The van der Waals surface area contributed by atoms with Crippen molar-refractivity contribution in [3.05, 3.63) is 74.4 Å². The summed E-state index contributed by atoms with van der Waals surface area (Å²) >= 11 is 8.05. The molecule has 4 rings (SSSR count). The Hall–Kier alpha value is -3.17. The number of rotatable bonds is 6. The van der Waals surface area contributed by atoms with E-state index in [4.69, 9.17) is 21.3 Å². The van der Waals surface area contributed by atoms with Gasteiger partial charge in [-0.25, -0.2) is 9.37 Å². The zero-order chi connectivity index (χ0) is 24.6. The van der Waals surface area contributed by atoms with Crippen molar-refractivity contribution >= 4 is 40.9 Å². The van der Waals surface area contributed by atoms with E-state index in [2.05, 4.69) is 4.98 Å². The highest BCUT2D eigenvalue weighted by Gasteiger charge is 2.32. The molecular formula is C24H22ClFN4O3S. The van der Waals surface area contributed by atoms with E-state index in [1.54, 1.807) is 23.2 Å². The van der Waals surface area contributed by atoms with Gasteiger partial charge in [0.2, 0.25) is 0 Å². The molecule has 1 aromatic carbocycles. The van der Waals surface area contributed by atoms with Crippen LogP contribution in [0.1, 0.15) is 31.0 Å². The van der Waals surface area contributed by atoms with E-state index < -0.39 is 10.7 Å². The molecule has 0 spiro atoms. The standard InChI is InChI=1S/C24H22ClFN4O3S/c1-13(2)21-23(19(34-4)8-9-27-21)29-12-15(30(31)32)10-14-11-16(25)22(28-24(14)29)20-17(26)6-5-7-18(20)33-3/h5-11,13H,12H2,1-4H3. The highest BCUT2D eigenvalue weighted by Crippen LogP contribution is 2.45. The molecule has 0 amide bonds. The van der Waals surface area contributed by atoms with Crippen LogP contribution in [0.2, 0.25) is 5.02 Å². The summed E-state index contributed by atoms with van der Waals surface area (Å²) < 4.78 is 20.3. The maximum atomic E-state index is 14.9. The quantitative estimate of drug-likeness (QED) is 0.215. The molecule has 3 heterocycles. The van der Waals surface area contributed by atoms with Gasteiger partial charge in [-0.15, -0.1) is 11.8 Å². The number of halogens is 2. The fourth-order valence-electron chi connectivity index (χ4n) is 3.96. The first-order chi connectivity index (χ1) is 16.3. The lowest BCUT2D eigenvalue weighted by atomic mass is 10.0. The minimum Gasteiger partial charge on any atom is -0.496 e. The first-order valence-corrected chi connectivity index (χ1v) is 12.1. The van der Waals surface area contributed by atoms with Crippen molar-refractivity contribution in [1.82, 2.24) is 9.97 Å². The maximum Gasteiger partial charge on any atom is 0.266 e. The van der Waals surface area contributed by atoms with Crippen molar-refractivity contribution in [3.8, 4) is 17.0 Å². The number of pyridine rings is 2. The number of fused-ring (bicyclic) bond motifs is 1. The summed E-state index contributed by atoms with van der Waals surface area (Å²) in [6.45, 7) is 3.99. The van der Waals surface area contributed by atoms with Crippen molar-refractivity contribution in [1.29, 1.82) is 0 Å². The molecule has 0 saturated heterocycles. The molecule has 0 unspecified atom stereocenters. The minimum absolute atomic E-state index is 0.00722. The Kier molecular flexibility index (Phi) is 6.77. The highest BCUT2D eigenvalue weighted by atomic mass is 35.5. The Labute approximate surface area is 205 Å². The lowest BCUT2D eigenvalue weighted by molar-refractivity contribution is -0.423. The summed E-state index contributed by atoms with van der Waals surface area (Å²) in [5, 5.41) is 11.9. The van der Waals surface area contributed by atoms with Gasteiger partial charge in [0, 0.05) is 22.7 Å². The molecule has 0 aliphatic carbocycles. The van der Waals surface area contributed by atoms with Crippen molar-refractivity contribution in [2.45, 2.75) is 24.7 Å². The van der Waals surface area contributed by atoms with Gasteiger partial charge in [-0.05, 0) is 36.4 Å². The normalized spacial score (nSPS) is 13.0. The smallest absolute Gasteiger partial charge is 0.266 e. The fourth-order valence-corrected chi connectivity index (χ4v) is 4.82. The number of nitrogens with zero attached hydrogens (tertiary/aromatic N) is 4. The second kappa shape index (κ2) is 9.60. The van der Waals surface area contributed by atoms with Gasteiger partial charge in [-0.3, -0.25) is 15.1 Å². The zero-order valence-corrected chi connectivity index (χ0v) is 20.6. The summed E-state index contributed by atoms with van der Waals surface area (Å²) in [6.07, 6.45) is 5.12. The van der Waals surface area contributed by atoms with Gasteiger partial charge in [0.05, 0.1) is 39.7 Å². The van der Waals surface area contributed by atoms with Crippen LogP contribution in [-0.2, 0) is 0 Å². The van der Waals surface area contributed by atoms with Gasteiger partial charge >= 0.3 is 0 Å². The SMILES string of the molecule is COc1cccc(F)c1-c1nc2c(cc1Cl)C=C([N+](=O)[O-])CN2c1c(SC)ccnc1C(C)C. The van der Waals surface area contributed by atoms with E-state index in [1.165, 1.54) is 37.1 Å². The van der Waals surface area contributed by atoms with E-state index >= 15 is 0 Å². The highest BCUT2D eigenvalue weighted by molar-refractivity contribution is 7.98. The van der Waals surface area contributed by atoms with Crippen LogP contribution in [0, 0.1) is 15.9 Å². The molecule has 10 heteroatoms. The van der Waals surface area contributed by atoms with Crippen LogP contribution in [0.5, 0.6) is 5.75 Å². The second-order valence-electron chi connectivity index (χ2n) is 7.93. The Morgan fingerprint density at radius 2 is 2.09 bits per heavy atom. The van der Waals surface area contributed by atoms with Crippen LogP contribution < -0.4 is 9.64 Å². The summed E-state index contributed by atoms with van der Waals surface area (Å²) in [5.41, 5.74) is 2.30. The molecule has 34 heavy (non-hydrogen) atoms. The molecule has 0 N–H and O–H groups in total. The van der Waals surface area contributed by atoms with Gasteiger partial charge < -0.3 is 9.64 Å². The number of hydrogen-bond acceptors (Lipinski definition) is 7. The summed E-state index contributed by atoms with van der Waals surface area (Å²) in [6, 6.07) is 7.92. The lowest BCUT2D eigenvalue weighted by Gasteiger charge is -2.31. The van der Waals surface area contributed by atoms with Gasteiger partial charge in [0.1, 0.15) is 23.9 Å². The number of ether oxygens (including phenoxy) is 1. The third kappa shape index (κ3) is 4.21. The molecule has 176 valence electrons. The minimum atomic E-state index is -0.536. The van der Waals surface area contributed by atoms with Gasteiger partial charge in [-0.2, -0.15) is 0 Å². The van der Waals surface area contributed by atoms with Crippen molar-refractivity contribution < 1.29 is 14.1 Å². The van der Waals surface area contributed by atoms with Crippen molar-refractivity contribution in [2.75, 3.05) is 24.8 Å². The van der Waals surface area contributed by atoms with E-state index in [0.29, 0.717) is 11.4 Å². The van der Waals surface area contributed by atoms with Gasteiger partial charge in [0.25, 0.3) is 5.70 Å². The molecule has 1 aliphatic heterocycles. The lowest BCUT2D eigenvalue weighted by Crippen LogP contribution is -2.29. The summed E-state index contributed by atoms with van der Waals surface area (Å²) in [7, 11) is 1.44. The number of thioether (sulfide) groups is 1. The molecular weight excluding hydrogens is 479 g/mol. The van der Waals surface area contributed by atoms with Gasteiger partial charge in [-0.1, -0.05) is 31.5 Å². The van der Waals surface area contributed by atoms with E-state index in [9.17, 15) is 14.5 Å². The van der Waals surface area contributed by atoms with Crippen LogP contribution in [0.3, 0.4) is 0 Å². The third-order valence-corrected chi connectivity index (χ3v) is 6.56. The first-order valence-electron chi connectivity index (χ1n) is 10.5. The van der Waals surface area contributed by atoms with Crippen LogP contribution >= 0.6 is 23.4 Å². The predicted octanol–water partition coefficient (Wildman–Crippen LogP) is 6.56. The van der Waals surface area contributed by atoms with Crippen molar-refractivity contribution in [2.24, 2.45) is 0 Å². The summed E-state index contributed by atoms with van der Waals surface area (Å²) in [4.78, 5) is 23.4. The Morgan fingerprint density at radius 1 is 1.32 bits per heavy atom. The second-order valence-corrected chi connectivity index (χ2v) is 9.18. The summed E-state index contributed by atoms with van der Waals surface area (Å²) in [5.74, 6) is 0.230. The Balaban J connectivity index is 2.03. The maximum absolute atomic E-state index is 14.9. The van der Waals surface area contributed by atoms with E-state index in [1.807, 2.05) is 26.2 Å². The molecule has 2 aromatic heterocycles. The number of methoxy groups -OCH3 is 1. The monoisotopic (exact) mass is 500 g/mol. The molecule has 0 saturated carbocycles. The molecule has 0 fully saturated rings. The van der Waals surface area contributed by atoms with Gasteiger partial charge in [0.15, 0.2) is 0 Å². The molecule has 0 radical (unpaired) electrons. The predicted molar refractivity (Wildman–Crippen MR) is 133 cm³/mol. The molecule has 7 nitrogen and oxygen atoms in total. The number of nitro groups is 1. The van der Waals surface area contributed by atoms with E-state index in [0.717, 1.165) is 16.3 Å². The fraction of sp³-hybridized carbons (Fsp3) is 0.250. The van der Waals surface area contributed by atoms with Crippen molar-refractivity contribution in [3.63, 3.8) is 0 Å². The van der Waals surface area contributed by atoms with Crippen LogP contribution in [0.4, 0.5) is 15.9 Å². The average molecular weight is 501 g/mol. The molecule has 3 aromatic rings. The van der Waals surface area contributed by atoms with Crippen LogP contribution in [0.25, 0.3) is 17.3 Å². The number of anilines is 2. The van der Waals surface area contributed by atoms with Crippen LogP contribution in [-0.4, -0.2) is 34.8 Å². The molecule has 1 aliphatic rings. The van der Waals surface area contributed by atoms with Crippen LogP contribution in [0.15, 0.2) is 47.1 Å². The molecule has 0 bridgehead atoms.